The Balaban J connectivity index is 5.24. The van der Waals surface area contributed by atoms with Gasteiger partial charge in [0.15, 0.2) is 12.2 Å². The van der Waals surface area contributed by atoms with E-state index in [1.54, 1.807) is 0 Å². The number of phosphoric ester groups is 2. The minimum absolute atomic E-state index is 0.108. The Kier molecular flexibility index (Phi) is 70.3. The molecule has 99 heavy (non-hydrogen) atoms. The Labute approximate surface area is 607 Å². The predicted molar refractivity (Wildman–Crippen MR) is 405 cm³/mol. The molecule has 0 saturated heterocycles. The van der Waals surface area contributed by atoms with Crippen LogP contribution in [0.5, 0.6) is 0 Å². The predicted octanol–water partition coefficient (Wildman–Crippen LogP) is 23.9. The molecule has 0 aliphatic carbocycles. The number of phosphoric acid groups is 2. The number of esters is 4. The minimum Gasteiger partial charge on any atom is -0.462 e. The van der Waals surface area contributed by atoms with Gasteiger partial charge in [-0.25, -0.2) is 9.13 Å². The van der Waals surface area contributed by atoms with Crippen LogP contribution in [-0.2, 0) is 65.4 Å². The first-order valence-corrected chi connectivity index (χ1v) is 44.5. The molecule has 3 N–H and O–H groups in total. The standard InChI is InChI=1S/C80H156O17P2/c1-7-9-11-13-15-17-19-20-28-34-40-46-52-58-64-79(84)96-75(68-90-77(82)62-56-50-44-38-18-16-14-12-10-8-2)70-94-98(86,87)92-66-74(81)67-93-99(88,89)95-71-76(69-91-78(83)63-57-51-45-39-33-29-25-24-27-32-37-43-49-55-61-73(5)6)97-80(85)65-59-53-47-41-35-30-23-21-22-26-31-36-42-48-54-60-72(3)4/h72-76,81H,7-71H2,1-6H3,(H,86,87)(H,88,89)/t74-,75+,76+/m0/s1. The van der Waals surface area contributed by atoms with Crippen LogP contribution in [0.3, 0.4) is 0 Å². The van der Waals surface area contributed by atoms with Gasteiger partial charge >= 0.3 is 39.5 Å². The normalized spacial score (nSPS) is 13.9. The zero-order valence-electron chi connectivity index (χ0n) is 64.8. The van der Waals surface area contributed by atoms with Crippen LogP contribution in [0.1, 0.15) is 420 Å². The van der Waals surface area contributed by atoms with Gasteiger partial charge in [0.1, 0.15) is 19.3 Å². The van der Waals surface area contributed by atoms with Gasteiger partial charge in [0, 0.05) is 25.7 Å². The number of carbonyl (C=O) groups excluding carboxylic acids is 4. The summed E-state index contributed by atoms with van der Waals surface area (Å²) < 4.78 is 68.7. The zero-order chi connectivity index (χ0) is 72.8. The van der Waals surface area contributed by atoms with Crippen LogP contribution >= 0.6 is 15.6 Å². The number of aliphatic hydroxyl groups excluding tert-OH is 1. The van der Waals surface area contributed by atoms with Crippen LogP contribution in [0.2, 0.25) is 0 Å². The highest BCUT2D eigenvalue weighted by atomic mass is 31.2. The maximum absolute atomic E-state index is 13.1. The van der Waals surface area contributed by atoms with E-state index in [9.17, 15) is 43.2 Å². The van der Waals surface area contributed by atoms with Crippen LogP contribution in [0, 0.1) is 11.8 Å². The fraction of sp³-hybridized carbons (Fsp3) is 0.950. The van der Waals surface area contributed by atoms with Crippen LogP contribution in [0.25, 0.3) is 0 Å². The summed E-state index contributed by atoms with van der Waals surface area (Å²) in [4.78, 5) is 73.0. The molecule has 0 aromatic carbocycles. The van der Waals surface area contributed by atoms with Gasteiger partial charge in [0.2, 0.25) is 0 Å². The monoisotopic (exact) mass is 1450 g/mol. The van der Waals surface area contributed by atoms with Crippen LogP contribution in [0.15, 0.2) is 0 Å². The third kappa shape index (κ3) is 74.1. The Morgan fingerprint density at radius 3 is 0.687 bits per heavy atom. The third-order valence-electron chi connectivity index (χ3n) is 18.7. The van der Waals surface area contributed by atoms with Gasteiger partial charge in [0.05, 0.1) is 26.4 Å². The lowest BCUT2D eigenvalue weighted by Gasteiger charge is -2.21. The van der Waals surface area contributed by atoms with Gasteiger partial charge in [-0.1, -0.05) is 369 Å². The van der Waals surface area contributed by atoms with Crippen molar-refractivity contribution in [2.24, 2.45) is 11.8 Å². The summed E-state index contributed by atoms with van der Waals surface area (Å²) in [5.41, 5.74) is 0. The molecule has 0 saturated carbocycles. The van der Waals surface area contributed by atoms with Crippen LogP contribution < -0.4 is 0 Å². The molecule has 17 nitrogen and oxygen atoms in total. The van der Waals surface area contributed by atoms with Crippen molar-refractivity contribution >= 4 is 39.5 Å². The van der Waals surface area contributed by atoms with Crippen molar-refractivity contribution in [1.82, 2.24) is 0 Å². The Morgan fingerprint density at radius 1 is 0.273 bits per heavy atom. The maximum atomic E-state index is 13.1. The number of carbonyl (C=O) groups is 4. The van der Waals surface area contributed by atoms with E-state index in [0.29, 0.717) is 25.7 Å². The molecular weight excluding hydrogens is 1290 g/mol. The smallest absolute Gasteiger partial charge is 0.462 e. The average Bonchev–Trinajstić information content (AvgIpc) is 0.946. The van der Waals surface area contributed by atoms with E-state index in [1.807, 2.05) is 0 Å². The molecule has 0 aromatic heterocycles. The molecule has 0 bridgehead atoms. The topological polar surface area (TPSA) is 237 Å². The minimum atomic E-state index is -4.96. The molecule has 0 heterocycles. The van der Waals surface area contributed by atoms with Gasteiger partial charge < -0.3 is 33.8 Å². The Morgan fingerprint density at radius 2 is 0.465 bits per heavy atom. The molecule has 0 amide bonds. The van der Waals surface area contributed by atoms with Gasteiger partial charge in [-0.05, 0) is 37.5 Å². The number of unbranched alkanes of at least 4 members (excludes halogenated alkanes) is 49. The molecule has 0 fully saturated rings. The summed E-state index contributed by atoms with van der Waals surface area (Å²) in [6.45, 7) is 9.68. The highest BCUT2D eigenvalue weighted by Crippen LogP contribution is 2.45. The Bertz CT molecular complexity index is 1910. The Hall–Kier alpha value is -1.94. The second-order valence-corrected chi connectivity index (χ2v) is 32.7. The van der Waals surface area contributed by atoms with E-state index in [0.717, 1.165) is 102 Å². The number of aliphatic hydroxyl groups is 1. The molecule has 0 aliphatic heterocycles. The fourth-order valence-electron chi connectivity index (χ4n) is 12.4. The molecule has 5 atom stereocenters. The first-order chi connectivity index (χ1) is 47.9. The molecular formula is C80H156O17P2. The fourth-order valence-corrected chi connectivity index (χ4v) is 13.9. The lowest BCUT2D eigenvalue weighted by atomic mass is 10.0. The van der Waals surface area contributed by atoms with Gasteiger partial charge in [-0.2, -0.15) is 0 Å². The summed E-state index contributed by atoms with van der Waals surface area (Å²) >= 11 is 0. The van der Waals surface area contributed by atoms with Crippen molar-refractivity contribution in [2.45, 2.75) is 439 Å². The average molecular weight is 1450 g/mol. The van der Waals surface area contributed by atoms with E-state index in [1.165, 1.54) is 238 Å². The largest absolute Gasteiger partial charge is 0.472 e. The van der Waals surface area contributed by atoms with E-state index in [2.05, 4.69) is 41.5 Å². The third-order valence-corrected chi connectivity index (χ3v) is 20.6. The van der Waals surface area contributed by atoms with Crippen LogP contribution in [-0.4, -0.2) is 96.7 Å². The second-order valence-electron chi connectivity index (χ2n) is 29.8. The van der Waals surface area contributed by atoms with Gasteiger partial charge in [-0.3, -0.25) is 37.3 Å². The van der Waals surface area contributed by atoms with Crippen LogP contribution in [0.4, 0.5) is 0 Å². The lowest BCUT2D eigenvalue weighted by Crippen LogP contribution is -2.30. The number of ether oxygens (including phenoxy) is 4. The molecule has 0 rings (SSSR count). The summed E-state index contributed by atoms with van der Waals surface area (Å²) in [6.07, 6.45) is 60.9. The molecule has 588 valence electrons. The number of rotatable bonds is 79. The quantitative estimate of drug-likeness (QED) is 0.0222. The second kappa shape index (κ2) is 71.7. The molecule has 0 aliphatic rings. The van der Waals surface area contributed by atoms with Crippen molar-refractivity contribution in [3.8, 4) is 0 Å². The first-order valence-electron chi connectivity index (χ1n) is 41.5. The van der Waals surface area contributed by atoms with Crippen molar-refractivity contribution in [3.05, 3.63) is 0 Å². The number of hydrogen-bond donors (Lipinski definition) is 3. The van der Waals surface area contributed by atoms with Crippen molar-refractivity contribution < 1.29 is 80.2 Å². The zero-order valence-corrected chi connectivity index (χ0v) is 66.6. The van der Waals surface area contributed by atoms with Crippen molar-refractivity contribution in [3.63, 3.8) is 0 Å². The lowest BCUT2D eigenvalue weighted by molar-refractivity contribution is -0.161. The van der Waals surface area contributed by atoms with E-state index >= 15 is 0 Å². The van der Waals surface area contributed by atoms with E-state index < -0.39 is 97.5 Å². The molecule has 0 spiro atoms. The SMILES string of the molecule is CCCCCCCCCCCCCCCCC(=O)O[C@H](COC(=O)CCCCCCCCCCCC)COP(=O)(O)OC[C@H](O)COP(=O)(O)OC[C@@H](COC(=O)CCCCCCCCCCCCCCCCC(C)C)OC(=O)CCCCCCCCCCCCCCCCCC(C)C. The van der Waals surface area contributed by atoms with E-state index in [4.69, 9.17) is 37.0 Å². The molecule has 19 heteroatoms. The summed E-state index contributed by atoms with van der Waals surface area (Å²) in [6, 6.07) is 0. The first kappa shape index (κ1) is 97.1. The van der Waals surface area contributed by atoms with Gasteiger partial charge in [-0.15, -0.1) is 0 Å². The summed E-state index contributed by atoms with van der Waals surface area (Å²) in [5.74, 6) is -0.506. The summed E-state index contributed by atoms with van der Waals surface area (Å²) in [5, 5.41) is 10.6. The van der Waals surface area contributed by atoms with E-state index in [-0.39, 0.29) is 25.7 Å². The van der Waals surface area contributed by atoms with Gasteiger partial charge in [0.25, 0.3) is 0 Å². The molecule has 0 aromatic rings. The summed E-state index contributed by atoms with van der Waals surface area (Å²) in [7, 11) is -9.92. The van der Waals surface area contributed by atoms with Crippen molar-refractivity contribution in [1.29, 1.82) is 0 Å². The molecule has 2 unspecified atom stereocenters. The maximum Gasteiger partial charge on any atom is 0.472 e. The highest BCUT2D eigenvalue weighted by molar-refractivity contribution is 7.47. The highest BCUT2D eigenvalue weighted by Gasteiger charge is 2.30. The number of hydrogen-bond acceptors (Lipinski definition) is 15. The molecule has 0 radical (unpaired) electrons. The van der Waals surface area contributed by atoms with Crippen molar-refractivity contribution in [2.75, 3.05) is 39.6 Å².